The maximum absolute atomic E-state index is 13.4. The smallest absolute Gasteiger partial charge is 0.341 e. The van der Waals surface area contributed by atoms with E-state index in [-0.39, 0.29) is 22.4 Å². The van der Waals surface area contributed by atoms with E-state index >= 15 is 0 Å². The van der Waals surface area contributed by atoms with Gasteiger partial charge in [0.2, 0.25) is 5.91 Å². The molecule has 0 saturated heterocycles. The minimum absolute atomic E-state index is 0.0540. The highest BCUT2D eigenvalue weighted by Gasteiger charge is 2.34. The number of anilines is 2. The number of carbonyl (C=O) groups excluding carboxylic acids is 3. The molecule has 2 atom stereocenters. The van der Waals surface area contributed by atoms with Gasteiger partial charge in [-0.1, -0.05) is 51.1 Å². The fourth-order valence-corrected chi connectivity index (χ4v) is 8.00. The van der Waals surface area contributed by atoms with Gasteiger partial charge in [-0.2, -0.15) is 0 Å². The Labute approximate surface area is 270 Å². The summed E-state index contributed by atoms with van der Waals surface area (Å²) in [5.74, 6) is -1.75. The third kappa shape index (κ3) is 6.92. The molecule has 1 aliphatic rings. The second-order valence-corrected chi connectivity index (χ2v) is 14.8. The van der Waals surface area contributed by atoms with Crippen LogP contribution >= 0.6 is 23.1 Å². The molecule has 3 N–H and O–H groups in total. The largest absolute Gasteiger partial charge is 0.478 e. The fraction of sp³-hybridized carbons (Fsp3) is 0.314. The van der Waals surface area contributed by atoms with E-state index in [1.807, 2.05) is 6.07 Å². The maximum Gasteiger partial charge on any atom is 0.341 e. The molecule has 0 radical (unpaired) electrons. The lowest BCUT2D eigenvalue weighted by molar-refractivity contribution is -0.115. The first kappa shape index (κ1) is 32.2. The number of aromatic carboxylic acids is 1. The zero-order valence-corrected chi connectivity index (χ0v) is 27.5. The molecule has 5 rings (SSSR count). The van der Waals surface area contributed by atoms with Gasteiger partial charge < -0.3 is 20.5 Å². The molecule has 8 nitrogen and oxygen atoms in total. The molecule has 2 amide bonds. The molecule has 3 aromatic carbocycles. The monoisotopic (exact) mass is 644 g/mol. The van der Waals surface area contributed by atoms with Crippen LogP contribution in [0.3, 0.4) is 0 Å². The third-order valence-corrected chi connectivity index (χ3v) is 10.5. The Balaban J connectivity index is 1.31. The number of carboxylic acid groups (broad SMARTS) is 1. The number of hydrogen-bond donors (Lipinski definition) is 3. The molecule has 4 aromatic rings. The molecule has 0 bridgehead atoms. The van der Waals surface area contributed by atoms with Crippen molar-refractivity contribution in [1.29, 1.82) is 0 Å². The normalized spacial score (nSPS) is 15.2. The summed E-state index contributed by atoms with van der Waals surface area (Å²) in [6.07, 6.45) is 2.61. The van der Waals surface area contributed by atoms with Crippen molar-refractivity contribution in [3.05, 3.63) is 87.8 Å². The number of methoxy groups -OCH3 is 1. The summed E-state index contributed by atoms with van der Waals surface area (Å²) in [6.45, 7) is 8.49. The van der Waals surface area contributed by atoms with Gasteiger partial charge in [0, 0.05) is 26.4 Å². The van der Waals surface area contributed by atoms with Gasteiger partial charge in [-0.25, -0.2) is 9.59 Å². The summed E-state index contributed by atoms with van der Waals surface area (Å²) in [6, 6.07) is 17.1. The van der Waals surface area contributed by atoms with E-state index in [2.05, 4.69) is 31.4 Å². The molecule has 10 heteroatoms. The summed E-state index contributed by atoms with van der Waals surface area (Å²) in [4.78, 5) is 53.2. The van der Waals surface area contributed by atoms with Crippen LogP contribution in [0.15, 0.2) is 65.6 Å². The van der Waals surface area contributed by atoms with Crippen LogP contribution in [0.2, 0.25) is 0 Å². The molecule has 45 heavy (non-hydrogen) atoms. The van der Waals surface area contributed by atoms with E-state index in [4.69, 9.17) is 4.74 Å². The van der Waals surface area contributed by atoms with Crippen LogP contribution in [-0.4, -0.2) is 41.2 Å². The van der Waals surface area contributed by atoms with Crippen LogP contribution in [0.1, 0.15) is 75.6 Å². The Kier molecular flexibility index (Phi) is 9.36. The minimum Gasteiger partial charge on any atom is -0.478 e. The quantitative estimate of drug-likeness (QED) is 0.132. The van der Waals surface area contributed by atoms with Gasteiger partial charge in [-0.3, -0.25) is 9.59 Å². The van der Waals surface area contributed by atoms with Crippen molar-refractivity contribution < 1.29 is 29.0 Å². The molecular formula is C35H36N2O6S2. The van der Waals surface area contributed by atoms with Gasteiger partial charge in [0.25, 0.3) is 5.91 Å². The van der Waals surface area contributed by atoms with Gasteiger partial charge in [0.05, 0.1) is 23.5 Å². The predicted molar refractivity (Wildman–Crippen MR) is 180 cm³/mol. The average molecular weight is 645 g/mol. The van der Waals surface area contributed by atoms with Gasteiger partial charge in [-0.05, 0) is 78.8 Å². The Morgan fingerprint density at radius 1 is 1.00 bits per heavy atom. The average Bonchev–Trinajstić information content (AvgIpc) is 3.36. The number of carbonyl (C=O) groups is 4. The van der Waals surface area contributed by atoms with Crippen molar-refractivity contribution in [2.24, 2.45) is 11.3 Å². The number of thioether (sulfide) groups is 1. The van der Waals surface area contributed by atoms with Gasteiger partial charge in [0.1, 0.15) is 5.00 Å². The lowest BCUT2D eigenvalue weighted by atomic mass is 9.72. The van der Waals surface area contributed by atoms with E-state index in [9.17, 15) is 24.3 Å². The molecule has 1 heterocycles. The van der Waals surface area contributed by atoms with Crippen molar-refractivity contribution in [2.75, 3.05) is 17.7 Å². The van der Waals surface area contributed by atoms with Crippen molar-refractivity contribution in [1.82, 2.24) is 0 Å². The highest BCUT2D eigenvalue weighted by atomic mass is 32.2. The van der Waals surface area contributed by atoms with Crippen LogP contribution in [0.5, 0.6) is 0 Å². The Morgan fingerprint density at radius 3 is 2.36 bits per heavy atom. The molecular weight excluding hydrogens is 609 g/mol. The van der Waals surface area contributed by atoms with Crippen molar-refractivity contribution in [3.8, 4) is 0 Å². The van der Waals surface area contributed by atoms with E-state index in [0.29, 0.717) is 32.9 Å². The van der Waals surface area contributed by atoms with E-state index in [1.54, 1.807) is 55.5 Å². The van der Waals surface area contributed by atoms with Crippen molar-refractivity contribution >= 4 is 68.3 Å². The zero-order chi connectivity index (χ0) is 32.5. The summed E-state index contributed by atoms with van der Waals surface area (Å²) in [5.41, 5.74) is 2.40. The lowest BCUT2D eigenvalue weighted by Crippen LogP contribution is -2.26. The number of fused-ring (bicyclic) bond motifs is 2. The van der Waals surface area contributed by atoms with Gasteiger partial charge in [-0.15, -0.1) is 23.1 Å². The summed E-state index contributed by atoms with van der Waals surface area (Å²) >= 11 is 2.78. The number of carboxylic acids is 1. The van der Waals surface area contributed by atoms with Crippen molar-refractivity contribution in [3.63, 3.8) is 0 Å². The van der Waals surface area contributed by atoms with Crippen LogP contribution in [-0.2, 0) is 22.4 Å². The van der Waals surface area contributed by atoms with Crippen LogP contribution in [0, 0.1) is 11.3 Å². The number of thiophene rings is 1. The van der Waals surface area contributed by atoms with Crippen molar-refractivity contribution in [2.45, 2.75) is 57.1 Å². The number of ether oxygens (including phenoxy) is 1. The van der Waals surface area contributed by atoms with Gasteiger partial charge in [0.15, 0.2) is 0 Å². The number of benzene rings is 3. The third-order valence-electron chi connectivity index (χ3n) is 8.27. The van der Waals surface area contributed by atoms with Crippen LogP contribution in [0.4, 0.5) is 10.7 Å². The highest BCUT2D eigenvalue weighted by Crippen LogP contribution is 2.44. The van der Waals surface area contributed by atoms with E-state index < -0.39 is 23.1 Å². The fourth-order valence-electron chi connectivity index (χ4n) is 5.76. The number of esters is 1. The first-order valence-electron chi connectivity index (χ1n) is 14.7. The van der Waals surface area contributed by atoms with Crippen LogP contribution < -0.4 is 10.6 Å². The standard InChI is InChI=1S/C35H36N2O6S2/c1-19(30(38)37-32-29(34(42)43-5)24-16-15-21(35(2,3)4)17-27(24)45-32)44-23-12-8-11-22(18-23)36-31(39)25-13-6-9-20-10-7-14-26(28(20)25)33(40)41/h6-14,18-19,21H,15-17H2,1-5H3,(H,36,39)(H,37,38)(H,40,41). The number of nitrogens with one attached hydrogen (secondary N) is 2. The molecule has 0 aliphatic heterocycles. The lowest BCUT2D eigenvalue weighted by Gasteiger charge is -2.33. The summed E-state index contributed by atoms with van der Waals surface area (Å²) in [5, 5.41) is 16.6. The Bertz CT molecular complexity index is 1800. The first-order valence-corrected chi connectivity index (χ1v) is 16.4. The second kappa shape index (κ2) is 13.1. The zero-order valence-electron chi connectivity index (χ0n) is 25.9. The molecule has 2 unspecified atom stereocenters. The summed E-state index contributed by atoms with van der Waals surface area (Å²) in [7, 11) is 1.36. The summed E-state index contributed by atoms with van der Waals surface area (Å²) < 4.78 is 5.10. The Hall–Kier alpha value is -4.15. The molecule has 0 spiro atoms. The van der Waals surface area contributed by atoms with Crippen LogP contribution in [0.25, 0.3) is 10.8 Å². The first-order chi connectivity index (χ1) is 21.4. The number of hydrogen-bond acceptors (Lipinski definition) is 7. The number of amides is 2. The second-order valence-electron chi connectivity index (χ2n) is 12.3. The van der Waals surface area contributed by atoms with Gasteiger partial charge >= 0.3 is 11.9 Å². The topological polar surface area (TPSA) is 122 Å². The maximum atomic E-state index is 13.4. The number of rotatable bonds is 8. The predicted octanol–water partition coefficient (Wildman–Crippen LogP) is 7.91. The Morgan fingerprint density at radius 2 is 1.69 bits per heavy atom. The SMILES string of the molecule is COC(=O)c1c(NC(=O)C(C)Sc2cccc(NC(=O)c3cccc4cccc(C(=O)O)c34)c2)sc2c1CCC(C(C)(C)C)C2. The molecule has 234 valence electrons. The molecule has 0 saturated carbocycles. The van der Waals surface area contributed by atoms with E-state index in [1.165, 1.54) is 36.3 Å². The highest BCUT2D eigenvalue weighted by molar-refractivity contribution is 8.00. The molecule has 1 aliphatic carbocycles. The molecule has 1 aromatic heterocycles. The van der Waals surface area contributed by atoms with E-state index in [0.717, 1.165) is 34.6 Å². The minimum atomic E-state index is -1.11. The molecule has 0 fully saturated rings.